The maximum atomic E-state index is 11.1. The van der Waals surface area contributed by atoms with Gasteiger partial charge in [-0.15, -0.1) is 0 Å². The van der Waals surface area contributed by atoms with Crippen molar-refractivity contribution in [2.75, 3.05) is 6.61 Å². The van der Waals surface area contributed by atoms with E-state index in [0.29, 0.717) is 13.0 Å². The molecule has 1 unspecified atom stereocenters. The molecule has 4 heteroatoms. The number of nitrogens with zero attached hydrogens (tertiary/aromatic N) is 2. The molecule has 1 aliphatic heterocycles. The Morgan fingerprint density at radius 3 is 2.82 bits per heavy atom. The molecule has 3 rings (SSSR count). The number of cyclic esters (lactones) is 1. The highest BCUT2D eigenvalue weighted by molar-refractivity contribution is 5.72. The van der Waals surface area contributed by atoms with Crippen molar-refractivity contribution < 1.29 is 9.53 Å². The topological polar surface area (TPSA) is 44.1 Å². The molecule has 1 atom stereocenters. The SMILES string of the molecule is O=C1CC(n2ccnc2-c2ccccc2)CO1. The zero-order valence-corrected chi connectivity index (χ0v) is 9.24. The van der Waals surface area contributed by atoms with Crippen molar-refractivity contribution >= 4 is 5.97 Å². The van der Waals surface area contributed by atoms with E-state index in [1.807, 2.05) is 41.1 Å². The standard InChI is InChI=1S/C13H12N2O2/c16-12-8-11(9-17-12)15-7-6-14-13(15)10-4-2-1-3-5-10/h1-7,11H,8-9H2. The Balaban J connectivity index is 1.97. The van der Waals surface area contributed by atoms with Crippen LogP contribution in [-0.4, -0.2) is 22.1 Å². The molecular formula is C13H12N2O2. The third kappa shape index (κ3) is 1.82. The second-order valence-corrected chi connectivity index (χ2v) is 4.07. The molecule has 0 aliphatic carbocycles. The molecule has 0 radical (unpaired) electrons. The van der Waals surface area contributed by atoms with Gasteiger partial charge in [0.2, 0.25) is 0 Å². The van der Waals surface area contributed by atoms with Crippen molar-refractivity contribution in [1.82, 2.24) is 9.55 Å². The molecule has 1 aromatic carbocycles. The van der Waals surface area contributed by atoms with Crippen LogP contribution in [0.3, 0.4) is 0 Å². The minimum atomic E-state index is -0.136. The van der Waals surface area contributed by atoms with Gasteiger partial charge in [0.15, 0.2) is 0 Å². The summed E-state index contributed by atoms with van der Waals surface area (Å²) in [6.07, 6.45) is 4.08. The van der Waals surface area contributed by atoms with Gasteiger partial charge in [-0.25, -0.2) is 4.98 Å². The van der Waals surface area contributed by atoms with Gasteiger partial charge < -0.3 is 9.30 Å². The molecule has 1 aliphatic rings. The molecule has 0 amide bonds. The second kappa shape index (κ2) is 4.05. The fourth-order valence-corrected chi connectivity index (χ4v) is 2.10. The van der Waals surface area contributed by atoms with Crippen molar-refractivity contribution in [3.05, 3.63) is 42.7 Å². The monoisotopic (exact) mass is 228 g/mol. The van der Waals surface area contributed by atoms with Crippen LogP contribution in [0.1, 0.15) is 12.5 Å². The zero-order chi connectivity index (χ0) is 11.7. The Kier molecular flexibility index (Phi) is 2.40. The van der Waals surface area contributed by atoms with E-state index in [0.717, 1.165) is 11.4 Å². The molecule has 4 nitrogen and oxygen atoms in total. The summed E-state index contributed by atoms with van der Waals surface area (Å²) in [5, 5.41) is 0. The predicted molar refractivity (Wildman–Crippen MR) is 62.3 cm³/mol. The lowest BCUT2D eigenvalue weighted by Crippen LogP contribution is -2.09. The minimum absolute atomic E-state index is 0.0696. The first-order valence-corrected chi connectivity index (χ1v) is 5.58. The summed E-state index contributed by atoms with van der Waals surface area (Å²) in [6, 6.07) is 10.0. The Morgan fingerprint density at radius 1 is 1.29 bits per heavy atom. The minimum Gasteiger partial charge on any atom is -0.463 e. The van der Waals surface area contributed by atoms with Crippen molar-refractivity contribution in [3.8, 4) is 11.4 Å². The van der Waals surface area contributed by atoms with Crippen LogP contribution in [0.5, 0.6) is 0 Å². The van der Waals surface area contributed by atoms with Gasteiger partial charge >= 0.3 is 5.97 Å². The molecule has 0 spiro atoms. The smallest absolute Gasteiger partial charge is 0.308 e. The summed E-state index contributed by atoms with van der Waals surface area (Å²) < 4.78 is 7.01. The highest BCUT2D eigenvalue weighted by atomic mass is 16.5. The molecule has 1 aromatic heterocycles. The van der Waals surface area contributed by atoms with Gasteiger partial charge in [0, 0.05) is 18.0 Å². The molecule has 17 heavy (non-hydrogen) atoms. The molecule has 0 bridgehead atoms. The van der Waals surface area contributed by atoms with Crippen LogP contribution in [0, 0.1) is 0 Å². The van der Waals surface area contributed by atoms with Gasteiger partial charge in [0.25, 0.3) is 0 Å². The van der Waals surface area contributed by atoms with Gasteiger partial charge in [-0.1, -0.05) is 30.3 Å². The lowest BCUT2D eigenvalue weighted by molar-refractivity contribution is -0.137. The van der Waals surface area contributed by atoms with Crippen LogP contribution < -0.4 is 0 Å². The summed E-state index contributed by atoms with van der Waals surface area (Å²) in [6.45, 7) is 0.440. The molecule has 1 saturated heterocycles. The van der Waals surface area contributed by atoms with Crippen LogP contribution in [0.15, 0.2) is 42.7 Å². The van der Waals surface area contributed by atoms with E-state index in [2.05, 4.69) is 4.98 Å². The van der Waals surface area contributed by atoms with E-state index in [1.54, 1.807) is 6.20 Å². The van der Waals surface area contributed by atoms with E-state index in [4.69, 9.17) is 4.74 Å². The van der Waals surface area contributed by atoms with Crippen LogP contribution in [0.2, 0.25) is 0 Å². The van der Waals surface area contributed by atoms with Crippen LogP contribution >= 0.6 is 0 Å². The molecule has 86 valence electrons. The highest BCUT2D eigenvalue weighted by Gasteiger charge is 2.26. The number of carbonyl (C=O) groups is 1. The third-order valence-corrected chi connectivity index (χ3v) is 2.93. The van der Waals surface area contributed by atoms with Crippen LogP contribution in [0.4, 0.5) is 0 Å². The normalized spacial score (nSPS) is 19.3. The van der Waals surface area contributed by atoms with Crippen LogP contribution in [-0.2, 0) is 9.53 Å². The maximum Gasteiger partial charge on any atom is 0.308 e. The number of benzene rings is 1. The Labute approximate surface area is 98.9 Å². The second-order valence-electron chi connectivity index (χ2n) is 4.07. The molecular weight excluding hydrogens is 216 g/mol. The fraction of sp³-hybridized carbons (Fsp3) is 0.231. The number of carbonyl (C=O) groups excluding carboxylic acids is 1. The van der Waals surface area contributed by atoms with Gasteiger partial charge in [0.1, 0.15) is 12.4 Å². The van der Waals surface area contributed by atoms with E-state index in [-0.39, 0.29) is 12.0 Å². The number of esters is 1. The van der Waals surface area contributed by atoms with E-state index >= 15 is 0 Å². The summed E-state index contributed by atoms with van der Waals surface area (Å²) in [5.41, 5.74) is 1.05. The molecule has 2 heterocycles. The van der Waals surface area contributed by atoms with Gasteiger partial charge in [-0.2, -0.15) is 0 Å². The number of imidazole rings is 1. The first-order chi connectivity index (χ1) is 8.34. The molecule has 0 N–H and O–H groups in total. The van der Waals surface area contributed by atoms with Crippen molar-refractivity contribution in [3.63, 3.8) is 0 Å². The van der Waals surface area contributed by atoms with Crippen molar-refractivity contribution in [2.24, 2.45) is 0 Å². The molecule has 1 fully saturated rings. The summed E-state index contributed by atoms with van der Waals surface area (Å²) >= 11 is 0. The fourth-order valence-electron chi connectivity index (χ4n) is 2.10. The highest BCUT2D eigenvalue weighted by Crippen LogP contribution is 2.26. The number of ether oxygens (including phenoxy) is 1. The summed E-state index contributed by atoms with van der Waals surface area (Å²) in [5.74, 6) is 0.747. The Morgan fingerprint density at radius 2 is 2.12 bits per heavy atom. The Hall–Kier alpha value is -2.10. The molecule has 2 aromatic rings. The number of aromatic nitrogens is 2. The first kappa shape index (κ1) is 10.1. The van der Waals surface area contributed by atoms with E-state index in [9.17, 15) is 4.79 Å². The quantitative estimate of drug-likeness (QED) is 0.739. The average Bonchev–Trinajstić information content (AvgIpc) is 2.98. The number of rotatable bonds is 2. The largest absolute Gasteiger partial charge is 0.463 e. The maximum absolute atomic E-state index is 11.1. The average molecular weight is 228 g/mol. The number of hydrogen-bond donors (Lipinski definition) is 0. The Bertz CT molecular complexity index is 533. The summed E-state index contributed by atoms with van der Waals surface area (Å²) in [7, 11) is 0. The van der Waals surface area contributed by atoms with E-state index < -0.39 is 0 Å². The third-order valence-electron chi connectivity index (χ3n) is 2.93. The summed E-state index contributed by atoms with van der Waals surface area (Å²) in [4.78, 5) is 15.5. The van der Waals surface area contributed by atoms with Gasteiger partial charge in [-0.05, 0) is 0 Å². The van der Waals surface area contributed by atoms with Gasteiger partial charge in [-0.3, -0.25) is 4.79 Å². The van der Waals surface area contributed by atoms with Gasteiger partial charge in [0.05, 0.1) is 12.5 Å². The van der Waals surface area contributed by atoms with Crippen molar-refractivity contribution in [1.29, 1.82) is 0 Å². The molecule has 0 saturated carbocycles. The number of hydrogen-bond acceptors (Lipinski definition) is 3. The lowest BCUT2D eigenvalue weighted by Gasteiger charge is -2.12. The van der Waals surface area contributed by atoms with Crippen LogP contribution in [0.25, 0.3) is 11.4 Å². The zero-order valence-electron chi connectivity index (χ0n) is 9.24. The predicted octanol–water partition coefficient (Wildman–Crippen LogP) is 2.04. The van der Waals surface area contributed by atoms with Crippen molar-refractivity contribution in [2.45, 2.75) is 12.5 Å². The van der Waals surface area contributed by atoms with E-state index in [1.165, 1.54) is 0 Å². The first-order valence-electron chi connectivity index (χ1n) is 5.58. The lowest BCUT2D eigenvalue weighted by atomic mass is 10.2.